The van der Waals surface area contributed by atoms with Gasteiger partial charge in [-0.3, -0.25) is 9.59 Å². The molecule has 1 fully saturated rings. The minimum atomic E-state index is -0.203. The van der Waals surface area contributed by atoms with Crippen LogP contribution in [0.15, 0.2) is 46.9 Å². The number of hydrogen-bond donors (Lipinski definition) is 0. The Kier molecular flexibility index (Phi) is 3.73. The highest BCUT2D eigenvalue weighted by atomic mass is 16.6. The van der Waals surface area contributed by atoms with E-state index in [9.17, 15) is 9.59 Å². The van der Waals surface area contributed by atoms with Gasteiger partial charge in [-0.2, -0.15) is 0 Å². The van der Waals surface area contributed by atoms with Gasteiger partial charge in [-0.25, -0.2) is 0 Å². The molecule has 3 rings (SSSR count). The average molecular weight is 285 g/mol. The van der Waals surface area contributed by atoms with Crippen molar-refractivity contribution in [3.05, 3.63) is 48.2 Å². The van der Waals surface area contributed by atoms with Gasteiger partial charge in [-0.15, -0.1) is 0 Å². The second kappa shape index (κ2) is 5.83. The molecule has 0 unspecified atom stereocenters. The first kappa shape index (κ1) is 13.4. The molecular weight excluding hydrogens is 270 g/mol. The van der Waals surface area contributed by atoms with Crippen LogP contribution in [0.2, 0.25) is 0 Å². The number of para-hydroxylation sites is 1. The van der Waals surface area contributed by atoms with Gasteiger partial charge in [-0.05, 0) is 18.2 Å². The molecule has 1 aromatic carbocycles. The standard InChI is InChI=1S/C16H15NO4/c18-12-8-10-17(11-9-12)16(19)14-6-7-15(21-14)20-13-4-2-1-3-5-13/h1-7H,8-11H2. The fourth-order valence-electron chi connectivity index (χ4n) is 2.21. The summed E-state index contributed by atoms with van der Waals surface area (Å²) >= 11 is 0. The monoisotopic (exact) mass is 285 g/mol. The van der Waals surface area contributed by atoms with Gasteiger partial charge in [0.25, 0.3) is 11.9 Å². The van der Waals surface area contributed by atoms with Crippen LogP contribution in [0.4, 0.5) is 0 Å². The van der Waals surface area contributed by atoms with E-state index in [1.807, 2.05) is 18.2 Å². The molecule has 0 atom stereocenters. The molecule has 108 valence electrons. The van der Waals surface area contributed by atoms with Crippen molar-refractivity contribution in [2.45, 2.75) is 12.8 Å². The Hall–Kier alpha value is -2.56. The number of carbonyl (C=O) groups excluding carboxylic acids is 2. The SMILES string of the molecule is O=C1CCN(C(=O)c2ccc(Oc3ccccc3)o2)CC1. The number of piperidine rings is 1. The van der Waals surface area contributed by atoms with Gasteiger partial charge in [0.2, 0.25) is 0 Å². The molecule has 0 radical (unpaired) electrons. The van der Waals surface area contributed by atoms with Gasteiger partial charge in [0.15, 0.2) is 5.76 Å². The second-order valence-corrected chi connectivity index (χ2v) is 4.86. The second-order valence-electron chi connectivity index (χ2n) is 4.86. The molecule has 2 aromatic rings. The molecule has 1 aliphatic heterocycles. The largest absolute Gasteiger partial charge is 0.426 e. The van der Waals surface area contributed by atoms with E-state index >= 15 is 0 Å². The first-order valence-electron chi connectivity index (χ1n) is 6.86. The smallest absolute Gasteiger partial charge is 0.290 e. The maximum atomic E-state index is 12.2. The van der Waals surface area contributed by atoms with Crippen molar-refractivity contribution >= 4 is 11.7 Å². The number of furan rings is 1. The predicted octanol–water partition coefficient (Wildman–Crippen LogP) is 2.88. The van der Waals surface area contributed by atoms with E-state index in [0.717, 1.165) is 0 Å². The van der Waals surface area contributed by atoms with E-state index < -0.39 is 0 Å². The predicted molar refractivity (Wildman–Crippen MR) is 75.4 cm³/mol. The molecule has 0 saturated carbocycles. The van der Waals surface area contributed by atoms with Crippen LogP contribution in [0.25, 0.3) is 0 Å². The number of benzene rings is 1. The Morgan fingerprint density at radius 1 is 1.05 bits per heavy atom. The Bertz CT molecular complexity index is 637. The van der Waals surface area contributed by atoms with Gasteiger partial charge < -0.3 is 14.1 Å². The van der Waals surface area contributed by atoms with Crippen molar-refractivity contribution in [1.29, 1.82) is 0 Å². The topological polar surface area (TPSA) is 59.8 Å². The Morgan fingerprint density at radius 3 is 2.48 bits per heavy atom. The number of carbonyl (C=O) groups is 2. The third kappa shape index (κ3) is 3.13. The van der Waals surface area contributed by atoms with E-state index in [0.29, 0.717) is 31.7 Å². The van der Waals surface area contributed by atoms with E-state index in [1.165, 1.54) is 0 Å². The summed E-state index contributed by atoms with van der Waals surface area (Å²) in [6.45, 7) is 0.903. The molecule has 2 heterocycles. The van der Waals surface area contributed by atoms with Crippen LogP contribution in [0.5, 0.6) is 11.7 Å². The fourth-order valence-corrected chi connectivity index (χ4v) is 2.21. The molecule has 1 amide bonds. The summed E-state index contributed by atoms with van der Waals surface area (Å²) in [5.74, 6) is 1.15. The number of rotatable bonds is 3. The summed E-state index contributed by atoms with van der Waals surface area (Å²) in [5, 5.41) is 0. The van der Waals surface area contributed by atoms with Crippen molar-refractivity contribution < 1.29 is 18.7 Å². The first-order chi connectivity index (χ1) is 10.2. The lowest BCUT2D eigenvalue weighted by molar-refractivity contribution is -0.120. The normalized spacial score (nSPS) is 15.0. The minimum absolute atomic E-state index is 0.201. The van der Waals surface area contributed by atoms with Crippen molar-refractivity contribution in [1.82, 2.24) is 4.90 Å². The van der Waals surface area contributed by atoms with Crippen LogP contribution in [0.1, 0.15) is 23.4 Å². The number of likely N-dealkylation sites (tertiary alicyclic amines) is 1. The highest BCUT2D eigenvalue weighted by molar-refractivity contribution is 5.93. The molecule has 0 spiro atoms. The van der Waals surface area contributed by atoms with Crippen molar-refractivity contribution in [2.75, 3.05) is 13.1 Å². The number of ketones is 1. The van der Waals surface area contributed by atoms with Crippen molar-refractivity contribution in [3.63, 3.8) is 0 Å². The van der Waals surface area contributed by atoms with Crippen LogP contribution < -0.4 is 4.74 Å². The summed E-state index contributed by atoms with van der Waals surface area (Å²) < 4.78 is 11.0. The molecule has 1 aliphatic rings. The molecule has 1 aromatic heterocycles. The lowest BCUT2D eigenvalue weighted by atomic mass is 10.1. The van der Waals surface area contributed by atoms with Crippen LogP contribution in [-0.4, -0.2) is 29.7 Å². The molecule has 1 saturated heterocycles. The number of nitrogens with zero attached hydrogens (tertiary/aromatic N) is 1. The Labute approximate surface area is 122 Å². The van der Waals surface area contributed by atoms with Gasteiger partial charge in [0.05, 0.1) is 0 Å². The minimum Gasteiger partial charge on any atom is -0.426 e. The van der Waals surface area contributed by atoms with Gasteiger partial charge in [0.1, 0.15) is 11.5 Å². The maximum absolute atomic E-state index is 12.2. The van der Waals surface area contributed by atoms with E-state index in [2.05, 4.69) is 0 Å². The number of Topliss-reactive ketones (excluding diaryl/α,β-unsaturated/α-hetero) is 1. The molecule has 5 nitrogen and oxygen atoms in total. The van der Waals surface area contributed by atoms with Crippen molar-refractivity contribution in [2.24, 2.45) is 0 Å². The van der Waals surface area contributed by atoms with Crippen LogP contribution >= 0.6 is 0 Å². The molecule has 0 aliphatic carbocycles. The van der Waals surface area contributed by atoms with Gasteiger partial charge >= 0.3 is 0 Å². The lowest BCUT2D eigenvalue weighted by Crippen LogP contribution is -2.38. The summed E-state index contributed by atoms with van der Waals surface area (Å²) in [6.07, 6.45) is 0.833. The molecule has 0 bridgehead atoms. The highest BCUT2D eigenvalue weighted by Crippen LogP contribution is 2.24. The van der Waals surface area contributed by atoms with Crippen LogP contribution in [0.3, 0.4) is 0 Å². The van der Waals surface area contributed by atoms with Crippen LogP contribution in [-0.2, 0) is 4.79 Å². The fraction of sp³-hybridized carbons (Fsp3) is 0.250. The maximum Gasteiger partial charge on any atom is 0.290 e. The van der Waals surface area contributed by atoms with Gasteiger partial charge in [0, 0.05) is 32.0 Å². The highest BCUT2D eigenvalue weighted by Gasteiger charge is 2.24. The number of hydrogen-bond acceptors (Lipinski definition) is 4. The average Bonchev–Trinajstić information content (AvgIpc) is 2.97. The first-order valence-corrected chi connectivity index (χ1v) is 6.86. The zero-order valence-electron chi connectivity index (χ0n) is 11.5. The molecule has 21 heavy (non-hydrogen) atoms. The molecular formula is C16H15NO4. The summed E-state index contributed by atoms with van der Waals surface area (Å²) in [4.78, 5) is 25.1. The Morgan fingerprint density at radius 2 is 1.76 bits per heavy atom. The third-order valence-electron chi connectivity index (χ3n) is 3.36. The lowest BCUT2D eigenvalue weighted by Gasteiger charge is -2.24. The third-order valence-corrected chi connectivity index (χ3v) is 3.36. The Balaban J connectivity index is 1.67. The number of ether oxygens (including phenoxy) is 1. The zero-order valence-corrected chi connectivity index (χ0v) is 11.5. The zero-order chi connectivity index (χ0) is 14.7. The van der Waals surface area contributed by atoms with E-state index in [-0.39, 0.29) is 23.4 Å². The summed E-state index contributed by atoms with van der Waals surface area (Å²) in [7, 11) is 0. The van der Waals surface area contributed by atoms with E-state index in [1.54, 1.807) is 29.2 Å². The van der Waals surface area contributed by atoms with E-state index in [4.69, 9.17) is 9.15 Å². The summed E-state index contributed by atoms with van der Waals surface area (Å²) in [5.41, 5.74) is 0. The quantitative estimate of drug-likeness (QED) is 0.870. The number of amides is 1. The molecule has 5 heteroatoms. The van der Waals surface area contributed by atoms with Gasteiger partial charge in [-0.1, -0.05) is 18.2 Å². The van der Waals surface area contributed by atoms with Crippen LogP contribution in [0, 0.1) is 0 Å². The van der Waals surface area contributed by atoms with Crippen molar-refractivity contribution in [3.8, 4) is 11.7 Å². The summed E-state index contributed by atoms with van der Waals surface area (Å²) in [6, 6.07) is 12.4. The molecule has 0 N–H and O–H groups in total.